The van der Waals surface area contributed by atoms with Gasteiger partial charge in [0.2, 0.25) is 11.8 Å². The third-order valence-corrected chi connectivity index (χ3v) is 5.97. The summed E-state index contributed by atoms with van der Waals surface area (Å²) in [7, 11) is 3.47. The molecule has 7 nitrogen and oxygen atoms in total. The Morgan fingerprint density at radius 3 is 2.96 bits per heavy atom. The van der Waals surface area contributed by atoms with Gasteiger partial charge < -0.3 is 14.2 Å². The molecule has 2 aliphatic heterocycles. The van der Waals surface area contributed by atoms with Crippen molar-refractivity contribution in [2.24, 2.45) is 5.92 Å². The summed E-state index contributed by atoms with van der Waals surface area (Å²) in [5.41, 5.74) is 1.31. The topological polar surface area (TPSA) is 71.7 Å². The molecule has 4 rings (SSSR count). The van der Waals surface area contributed by atoms with Crippen molar-refractivity contribution in [2.75, 3.05) is 27.3 Å². The van der Waals surface area contributed by atoms with Gasteiger partial charge in [0.25, 0.3) is 0 Å². The van der Waals surface area contributed by atoms with E-state index in [1.54, 1.807) is 12.0 Å². The number of hydrogen-bond donors (Lipinski definition) is 0. The van der Waals surface area contributed by atoms with E-state index in [0.29, 0.717) is 43.4 Å². The fraction of sp³-hybridized carbons (Fsp3) is 0.571. The molecule has 0 bridgehead atoms. The van der Waals surface area contributed by atoms with Gasteiger partial charge in [0, 0.05) is 32.7 Å². The normalized spacial score (nSPS) is 24.4. The predicted molar refractivity (Wildman–Crippen MR) is 103 cm³/mol. The second kappa shape index (κ2) is 8.41. The summed E-state index contributed by atoms with van der Waals surface area (Å²) >= 11 is 0. The Morgan fingerprint density at radius 1 is 1.36 bits per heavy atom. The van der Waals surface area contributed by atoms with E-state index in [-0.39, 0.29) is 11.8 Å². The van der Waals surface area contributed by atoms with Crippen LogP contribution in [0, 0.1) is 5.92 Å². The number of carbonyl (C=O) groups is 1. The SMILES string of the molecule is COCCc1noc(CN(C)C(=O)[C@H]2C[C@@H](c3ccccc3)N3CCC[C@H]23)n1. The van der Waals surface area contributed by atoms with Gasteiger partial charge in [-0.05, 0) is 31.4 Å². The van der Waals surface area contributed by atoms with Crippen molar-refractivity contribution < 1.29 is 14.1 Å². The Kier molecular flexibility index (Phi) is 5.73. The van der Waals surface area contributed by atoms with Crippen molar-refractivity contribution in [3.8, 4) is 0 Å². The molecular weight excluding hydrogens is 356 g/mol. The monoisotopic (exact) mass is 384 g/mol. The molecule has 7 heteroatoms. The number of nitrogens with zero attached hydrogens (tertiary/aromatic N) is 4. The minimum atomic E-state index is 0.0218. The smallest absolute Gasteiger partial charge is 0.246 e. The molecule has 3 atom stereocenters. The highest BCUT2D eigenvalue weighted by molar-refractivity contribution is 5.80. The molecule has 150 valence electrons. The Hall–Kier alpha value is -2.25. The largest absolute Gasteiger partial charge is 0.384 e. The van der Waals surface area contributed by atoms with Crippen LogP contribution in [0.25, 0.3) is 0 Å². The molecule has 2 aromatic rings. The standard InChI is InChI=1S/C21H28N4O3/c1-24(14-20-22-19(23-28-20)10-12-27-2)21(26)16-13-18(15-7-4-3-5-8-15)25-11-6-9-17(16)25/h3-5,7-8,16-18H,6,9-14H2,1-2H3/t16-,17+,18-/m0/s1. The molecule has 2 aliphatic rings. The number of methoxy groups -OCH3 is 1. The predicted octanol–water partition coefficient (Wildman–Crippen LogP) is 2.44. The van der Waals surface area contributed by atoms with Gasteiger partial charge in [-0.3, -0.25) is 9.69 Å². The number of benzene rings is 1. The minimum absolute atomic E-state index is 0.0218. The van der Waals surface area contributed by atoms with E-state index in [4.69, 9.17) is 9.26 Å². The second-order valence-electron chi connectivity index (χ2n) is 7.76. The Balaban J connectivity index is 1.43. The number of aromatic nitrogens is 2. The summed E-state index contributed by atoms with van der Waals surface area (Å²) < 4.78 is 10.3. The van der Waals surface area contributed by atoms with Gasteiger partial charge in [0.05, 0.1) is 19.1 Å². The molecule has 0 radical (unpaired) electrons. The molecule has 3 heterocycles. The fourth-order valence-corrected chi connectivity index (χ4v) is 4.65. The summed E-state index contributed by atoms with van der Waals surface area (Å²) in [4.78, 5) is 21.9. The third kappa shape index (κ3) is 3.82. The number of fused-ring (bicyclic) bond motifs is 1. The lowest BCUT2D eigenvalue weighted by molar-refractivity contribution is -0.135. The van der Waals surface area contributed by atoms with Crippen molar-refractivity contribution in [3.05, 3.63) is 47.6 Å². The van der Waals surface area contributed by atoms with E-state index in [1.165, 1.54) is 5.56 Å². The van der Waals surface area contributed by atoms with Crippen LogP contribution in [0.4, 0.5) is 0 Å². The molecule has 1 aromatic heterocycles. The minimum Gasteiger partial charge on any atom is -0.384 e. The maximum atomic E-state index is 13.2. The van der Waals surface area contributed by atoms with E-state index in [9.17, 15) is 4.79 Å². The van der Waals surface area contributed by atoms with Gasteiger partial charge in [-0.25, -0.2) is 0 Å². The lowest BCUT2D eigenvalue weighted by Crippen LogP contribution is -2.38. The Morgan fingerprint density at radius 2 is 2.18 bits per heavy atom. The van der Waals surface area contributed by atoms with E-state index in [1.807, 2.05) is 13.1 Å². The molecule has 1 aromatic carbocycles. The molecule has 2 fully saturated rings. The lowest BCUT2D eigenvalue weighted by Gasteiger charge is -2.25. The second-order valence-corrected chi connectivity index (χ2v) is 7.76. The molecule has 2 saturated heterocycles. The van der Waals surface area contributed by atoms with Crippen LogP contribution in [0.2, 0.25) is 0 Å². The zero-order chi connectivity index (χ0) is 19.5. The molecule has 0 aliphatic carbocycles. The van der Waals surface area contributed by atoms with E-state index in [0.717, 1.165) is 25.8 Å². The van der Waals surface area contributed by atoms with E-state index in [2.05, 4.69) is 39.3 Å². The molecule has 0 unspecified atom stereocenters. The van der Waals surface area contributed by atoms with Gasteiger partial charge in [-0.1, -0.05) is 35.5 Å². The summed E-state index contributed by atoms with van der Waals surface area (Å²) in [6.07, 6.45) is 3.74. The summed E-state index contributed by atoms with van der Waals surface area (Å²) in [6.45, 7) is 1.97. The van der Waals surface area contributed by atoms with Crippen LogP contribution >= 0.6 is 0 Å². The highest BCUT2D eigenvalue weighted by atomic mass is 16.5. The first-order chi connectivity index (χ1) is 13.7. The summed E-state index contributed by atoms with van der Waals surface area (Å²) in [5, 5.41) is 3.96. The number of amides is 1. The van der Waals surface area contributed by atoms with Crippen molar-refractivity contribution in [1.29, 1.82) is 0 Å². The van der Waals surface area contributed by atoms with Crippen LogP contribution in [-0.4, -0.2) is 59.2 Å². The molecular formula is C21H28N4O3. The van der Waals surface area contributed by atoms with E-state index < -0.39 is 0 Å². The maximum Gasteiger partial charge on any atom is 0.246 e. The number of hydrogen-bond acceptors (Lipinski definition) is 6. The molecule has 0 saturated carbocycles. The van der Waals surface area contributed by atoms with Gasteiger partial charge in [0.1, 0.15) is 0 Å². The summed E-state index contributed by atoms with van der Waals surface area (Å²) in [6, 6.07) is 11.2. The quantitative estimate of drug-likeness (QED) is 0.730. The highest BCUT2D eigenvalue weighted by Gasteiger charge is 2.47. The summed E-state index contributed by atoms with van der Waals surface area (Å²) in [5.74, 6) is 1.29. The maximum absolute atomic E-state index is 13.2. The zero-order valence-electron chi connectivity index (χ0n) is 16.6. The van der Waals surface area contributed by atoms with Gasteiger partial charge in [0.15, 0.2) is 5.82 Å². The molecule has 1 amide bonds. The van der Waals surface area contributed by atoms with Crippen LogP contribution in [-0.2, 0) is 22.5 Å². The van der Waals surface area contributed by atoms with E-state index >= 15 is 0 Å². The number of ether oxygens (including phenoxy) is 1. The van der Waals surface area contributed by atoms with Gasteiger partial charge in [-0.2, -0.15) is 4.98 Å². The van der Waals surface area contributed by atoms with Crippen molar-refractivity contribution >= 4 is 5.91 Å². The van der Waals surface area contributed by atoms with Crippen molar-refractivity contribution in [1.82, 2.24) is 19.9 Å². The molecule has 28 heavy (non-hydrogen) atoms. The van der Waals surface area contributed by atoms with Crippen LogP contribution in [0.1, 0.15) is 42.6 Å². The highest BCUT2D eigenvalue weighted by Crippen LogP contribution is 2.45. The number of rotatable bonds is 7. The lowest BCUT2D eigenvalue weighted by atomic mass is 9.93. The van der Waals surface area contributed by atoms with Crippen LogP contribution in [0.3, 0.4) is 0 Å². The average molecular weight is 384 g/mol. The van der Waals surface area contributed by atoms with Crippen LogP contribution < -0.4 is 0 Å². The van der Waals surface area contributed by atoms with Gasteiger partial charge in [-0.15, -0.1) is 0 Å². The fourth-order valence-electron chi connectivity index (χ4n) is 4.65. The van der Waals surface area contributed by atoms with Crippen molar-refractivity contribution in [2.45, 2.75) is 44.3 Å². The van der Waals surface area contributed by atoms with Crippen LogP contribution in [0.15, 0.2) is 34.9 Å². The Bertz CT molecular complexity index is 794. The first kappa shape index (κ1) is 19.1. The first-order valence-corrected chi connectivity index (χ1v) is 10.0. The van der Waals surface area contributed by atoms with Crippen LogP contribution in [0.5, 0.6) is 0 Å². The van der Waals surface area contributed by atoms with Gasteiger partial charge >= 0.3 is 0 Å². The first-order valence-electron chi connectivity index (χ1n) is 10.0. The molecule has 0 N–H and O–H groups in total. The zero-order valence-corrected chi connectivity index (χ0v) is 16.6. The number of carbonyl (C=O) groups excluding carboxylic acids is 1. The average Bonchev–Trinajstić information content (AvgIpc) is 3.43. The van der Waals surface area contributed by atoms with Crippen molar-refractivity contribution in [3.63, 3.8) is 0 Å². The third-order valence-electron chi connectivity index (χ3n) is 5.97. The Labute approximate surface area is 165 Å². The molecule has 0 spiro atoms.